The first-order chi connectivity index (χ1) is 14.0. The van der Waals surface area contributed by atoms with Crippen LogP contribution in [-0.2, 0) is 28.1 Å². The van der Waals surface area contributed by atoms with Crippen molar-refractivity contribution < 1.29 is 14.6 Å². The van der Waals surface area contributed by atoms with E-state index in [0.717, 1.165) is 33.4 Å². The Morgan fingerprint density at radius 2 is 2.31 bits per heavy atom. The van der Waals surface area contributed by atoms with Crippen LogP contribution in [0, 0.1) is 9.49 Å². The maximum absolute atomic E-state index is 13.5. The summed E-state index contributed by atoms with van der Waals surface area (Å²) in [5.41, 5.74) is 1.75. The Hall–Kier alpha value is -1.78. The lowest BCUT2D eigenvalue weighted by Gasteiger charge is -2.28. The van der Waals surface area contributed by atoms with Gasteiger partial charge >= 0.3 is 0 Å². The first-order valence-corrected chi connectivity index (χ1v) is 11.0. The van der Waals surface area contributed by atoms with E-state index in [-0.39, 0.29) is 24.5 Å². The molecule has 154 valence electrons. The van der Waals surface area contributed by atoms with Crippen molar-refractivity contribution in [3.63, 3.8) is 0 Å². The van der Waals surface area contributed by atoms with Crippen LogP contribution in [0.1, 0.15) is 31.0 Å². The van der Waals surface area contributed by atoms with Gasteiger partial charge in [-0.1, -0.05) is 18.2 Å². The van der Waals surface area contributed by atoms with Crippen molar-refractivity contribution in [3.05, 3.63) is 51.9 Å². The molecular weight excluding hydrogens is 483 g/mol. The number of halogens is 1. The number of rotatable bonds is 7. The van der Waals surface area contributed by atoms with E-state index < -0.39 is 5.60 Å². The van der Waals surface area contributed by atoms with Crippen molar-refractivity contribution in [3.8, 4) is 0 Å². The Kier molecular flexibility index (Phi) is 5.76. The molecule has 7 nitrogen and oxygen atoms in total. The zero-order valence-corrected chi connectivity index (χ0v) is 18.6. The largest absolute Gasteiger partial charge is 0.396 e. The van der Waals surface area contributed by atoms with Crippen LogP contribution in [0.15, 0.2) is 37.1 Å². The minimum atomic E-state index is -0.922. The first-order valence-electron chi connectivity index (χ1n) is 9.90. The number of aliphatic hydroxyl groups is 1. The fraction of sp³-hybridized carbons (Fsp3) is 0.476. The molecular formula is C21H25IN4O3. The van der Waals surface area contributed by atoms with Crippen LogP contribution < -0.4 is 4.90 Å². The van der Waals surface area contributed by atoms with E-state index in [4.69, 9.17) is 9.84 Å². The molecule has 2 aromatic rings. The Morgan fingerprint density at radius 3 is 3.07 bits per heavy atom. The number of hydrogen-bond donors (Lipinski definition) is 1. The molecule has 2 aliphatic heterocycles. The van der Waals surface area contributed by atoms with Crippen molar-refractivity contribution >= 4 is 34.2 Å². The number of carbonyl (C=O) groups is 1. The number of carbonyl (C=O) groups excluding carboxylic acids is 1. The SMILES string of the molecule is C=CCN1C(=O)[C@]2(O[C@H](CCn3cc(CCO)nn3)C[C@@H]2C)c2cc(I)ccc21. The van der Waals surface area contributed by atoms with Gasteiger partial charge in [-0.2, -0.15) is 0 Å². The van der Waals surface area contributed by atoms with Crippen molar-refractivity contribution in [2.75, 3.05) is 18.1 Å². The van der Waals surface area contributed by atoms with Crippen molar-refractivity contribution in [2.45, 2.75) is 44.4 Å². The second kappa shape index (κ2) is 8.16. The molecule has 4 rings (SSSR count). The number of aromatic nitrogens is 3. The fourth-order valence-electron chi connectivity index (χ4n) is 4.48. The summed E-state index contributed by atoms with van der Waals surface area (Å²) in [5.74, 6) is 0.0860. The number of benzene rings is 1. The molecule has 0 bridgehead atoms. The number of anilines is 1. The summed E-state index contributed by atoms with van der Waals surface area (Å²) in [7, 11) is 0. The molecule has 1 amide bonds. The molecule has 2 aliphatic rings. The second-order valence-corrected chi connectivity index (χ2v) is 8.96. The molecule has 1 spiro atoms. The zero-order valence-electron chi connectivity index (χ0n) is 16.4. The fourth-order valence-corrected chi connectivity index (χ4v) is 4.98. The maximum Gasteiger partial charge on any atom is 0.264 e. The predicted molar refractivity (Wildman–Crippen MR) is 117 cm³/mol. The van der Waals surface area contributed by atoms with Gasteiger partial charge in [-0.15, -0.1) is 11.7 Å². The molecule has 0 radical (unpaired) electrons. The van der Waals surface area contributed by atoms with Crippen LogP contribution in [0.5, 0.6) is 0 Å². The Labute approximate surface area is 183 Å². The number of aliphatic hydroxyl groups excluding tert-OH is 1. The van der Waals surface area contributed by atoms with E-state index in [1.165, 1.54) is 0 Å². The van der Waals surface area contributed by atoms with E-state index >= 15 is 0 Å². The molecule has 0 aliphatic carbocycles. The summed E-state index contributed by atoms with van der Waals surface area (Å²) < 4.78 is 9.41. The van der Waals surface area contributed by atoms with Gasteiger partial charge in [0.2, 0.25) is 0 Å². The summed E-state index contributed by atoms with van der Waals surface area (Å²) in [6.07, 6.45) is 5.65. The molecule has 3 atom stereocenters. The topological polar surface area (TPSA) is 80.5 Å². The van der Waals surface area contributed by atoms with Crippen LogP contribution in [-0.4, -0.2) is 45.3 Å². The highest BCUT2D eigenvalue weighted by atomic mass is 127. The first kappa shape index (κ1) is 20.5. The normalized spacial score (nSPS) is 25.8. The summed E-state index contributed by atoms with van der Waals surface area (Å²) in [5, 5.41) is 17.2. The van der Waals surface area contributed by atoms with Gasteiger partial charge in [0.25, 0.3) is 5.91 Å². The van der Waals surface area contributed by atoms with Gasteiger partial charge < -0.3 is 14.7 Å². The third-order valence-electron chi connectivity index (χ3n) is 5.82. The lowest BCUT2D eigenvalue weighted by atomic mass is 9.83. The van der Waals surface area contributed by atoms with Gasteiger partial charge in [0, 0.05) is 47.4 Å². The van der Waals surface area contributed by atoms with E-state index in [0.29, 0.717) is 19.5 Å². The molecule has 0 saturated carbocycles. The second-order valence-electron chi connectivity index (χ2n) is 7.71. The zero-order chi connectivity index (χ0) is 20.6. The van der Waals surface area contributed by atoms with Crippen LogP contribution in [0.4, 0.5) is 5.69 Å². The van der Waals surface area contributed by atoms with Gasteiger partial charge in [0.05, 0.1) is 17.5 Å². The van der Waals surface area contributed by atoms with Gasteiger partial charge in [-0.3, -0.25) is 9.48 Å². The lowest BCUT2D eigenvalue weighted by Crippen LogP contribution is -2.44. The molecule has 0 unspecified atom stereocenters. The van der Waals surface area contributed by atoms with Crippen LogP contribution >= 0.6 is 22.6 Å². The quantitative estimate of drug-likeness (QED) is 0.460. The molecule has 1 N–H and O–H groups in total. The molecule has 29 heavy (non-hydrogen) atoms. The van der Waals surface area contributed by atoms with E-state index in [1.54, 1.807) is 15.7 Å². The molecule has 1 aromatic carbocycles. The average Bonchev–Trinajstić information content (AvgIpc) is 3.34. The Bertz CT molecular complexity index is 930. The summed E-state index contributed by atoms with van der Waals surface area (Å²) >= 11 is 2.28. The van der Waals surface area contributed by atoms with Crippen molar-refractivity contribution in [1.82, 2.24) is 15.0 Å². The van der Waals surface area contributed by atoms with Crippen molar-refractivity contribution in [1.29, 1.82) is 0 Å². The van der Waals surface area contributed by atoms with E-state index in [9.17, 15) is 4.79 Å². The molecule has 3 heterocycles. The van der Waals surface area contributed by atoms with Crippen LogP contribution in [0.2, 0.25) is 0 Å². The van der Waals surface area contributed by atoms with Gasteiger partial charge in [-0.25, -0.2) is 0 Å². The maximum atomic E-state index is 13.5. The number of fused-ring (bicyclic) bond motifs is 2. The highest BCUT2D eigenvalue weighted by Gasteiger charge is 2.59. The highest BCUT2D eigenvalue weighted by molar-refractivity contribution is 14.1. The third kappa shape index (κ3) is 3.51. The van der Waals surface area contributed by atoms with Gasteiger partial charge in [0.15, 0.2) is 5.60 Å². The minimum Gasteiger partial charge on any atom is -0.396 e. The summed E-state index contributed by atoms with van der Waals surface area (Å²) in [4.78, 5) is 15.3. The summed E-state index contributed by atoms with van der Waals surface area (Å²) in [6, 6.07) is 6.11. The van der Waals surface area contributed by atoms with E-state index in [2.05, 4.69) is 52.5 Å². The number of amides is 1. The van der Waals surface area contributed by atoms with Crippen LogP contribution in [0.3, 0.4) is 0 Å². The molecule has 1 fully saturated rings. The highest BCUT2D eigenvalue weighted by Crippen LogP contribution is 2.53. The average molecular weight is 508 g/mol. The van der Waals surface area contributed by atoms with Crippen LogP contribution in [0.25, 0.3) is 0 Å². The van der Waals surface area contributed by atoms with Gasteiger partial charge in [-0.05, 0) is 53.6 Å². The van der Waals surface area contributed by atoms with E-state index in [1.807, 2.05) is 18.3 Å². The third-order valence-corrected chi connectivity index (χ3v) is 6.49. The Morgan fingerprint density at radius 1 is 1.48 bits per heavy atom. The minimum absolute atomic E-state index is 0.00962. The number of nitrogens with zero attached hydrogens (tertiary/aromatic N) is 4. The smallest absolute Gasteiger partial charge is 0.264 e. The number of aryl methyl sites for hydroxylation is 1. The molecule has 1 saturated heterocycles. The van der Waals surface area contributed by atoms with Gasteiger partial charge in [0.1, 0.15) is 0 Å². The number of ether oxygens (including phenoxy) is 1. The Balaban J connectivity index is 1.55. The standard InChI is InChI=1S/C21H25IN4O3/c1-3-8-26-19-5-4-15(22)12-18(19)21(20(26)28)14(2)11-17(29-21)6-9-25-13-16(7-10-27)23-24-25/h3-5,12-14,17,27H,1,6-11H2,2H3/t14-,17+,21+/m0/s1. The summed E-state index contributed by atoms with van der Waals surface area (Å²) in [6.45, 7) is 7.11. The number of hydrogen-bond acceptors (Lipinski definition) is 5. The van der Waals surface area contributed by atoms with Crippen molar-refractivity contribution in [2.24, 2.45) is 5.92 Å². The molecule has 8 heteroatoms. The lowest BCUT2D eigenvalue weighted by molar-refractivity contribution is -0.145. The molecule has 1 aromatic heterocycles. The monoisotopic (exact) mass is 508 g/mol. The predicted octanol–water partition coefficient (Wildman–Crippen LogP) is 2.66.